The second-order valence-electron chi connectivity index (χ2n) is 4.06. The SMILES string of the molecule is CC(C)(CCl)CNS(=O)(=O)c1cn[nH]c1. The van der Waals surface area contributed by atoms with E-state index in [2.05, 4.69) is 14.9 Å². The van der Waals surface area contributed by atoms with Crippen molar-refractivity contribution < 1.29 is 8.42 Å². The molecular formula is C8H14ClN3O2S. The topological polar surface area (TPSA) is 74.8 Å². The van der Waals surface area contributed by atoms with Gasteiger partial charge in [-0.05, 0) is 5.41 Å². The van der Waals surface area contributed by atoms with Gasteiger partial charge in [-0.2, -0.15) is 5.10 Å². The van der Waals surface area contributed by atoms with Crippen molar-refractivity contribution in [2.45, 2.75) is 18.7 Å². The molecule has 7 heteroatoms. The summed E-state index contributed by atoms with van der Waals surface area (Å²) in [6, 6.07) is 0. The highest BCUT2D eigenvalue weighted by Crippen LogP contribution is 2.16. The number of hydrogen-bond donors (Lipinski definition) is 2. The number of halogens is 1. The number of hydrogen-bond acceptors (Lipinski definition) is 3. The highest BCUT2D eigenvalue weighted by Gasteiger charge is 2.21. The Balaban J connectivity index is 2.67. The molecule has 0 radical (unpaired) electrons. The summed E-state index contributed by atoms with van der Waals surface area (Å²) < 4.78 is 25.8. The van der Waals surface area contributed by atoms with Gasteiger partial charge in [-0.25, -0.2) is 13.1 Å². The Morgan fingerprint density at radius 1 is 1.60 bits per heavy atom. The minimum atomic E-state index is -3.46. The predicted octanol–water partition coefficient (Wildman–Crippen LogP) is 0.953. The standard InChI is InChI=1S/C8H14ClN3O2S/c1-8(2,5-9)6-12-15(13,14)7-3-10-11-4-7/h3-4,12H,5-6H2,1-2H3,(H,10,11). The van der Waals surface area contributed by atoms with Gasteiger partial charge in [0.1, 0.15) is 4.90 Å². The fraction of sp³-hybridized carbons (Fsp3) is 0.625. The summed E-state index contributed by atoms with van der Waals surface area (Å²) in [5.41, 5.74) is -0.266. The van der Waals surface area contributed by atoms with E-state index in [1.807, 2.05) is 13.8 Å². The molecular weight excluding hydrogens is 238 g/mol. The van der Waals surface area contributed by atoms with Crippen molar-refractivity contribution in [1.29, 1.82) is 0 Å². The predicted molar refractivity (Wildman–Crippen MR) is 58.3 cm³/mol. The number of sulfonamides is 1. The average Bonchev–Trinajstić information content (AvgIpc) is 2.69. The molecule has 86 valence electrons. The van der Waals surface area contributed by atoms with E-state index < -0.39 is 10.0 Å². The van der Waals surface area contributed by atoms with Crippen LogP contribution in [-0.2, 0) is 10.0 Å². The van der Waals surface area contributed by atoms with Crippen LogP contribution < -0.4 is 4.72 Å². The van der Waals surface area contributed by atoms with Crippen LogP contribution in [0.15, 0.2) is 17.3 Å². The molecule has 15 heavy (non-hydrogen) atoms. The zero-order valence-electron chi connectivity index (χ0n) is 8.62. The van der Waals surface area contributed by atoms with Gasteiger partial charge in [0.05, 0.1) is 6.20 Å². The number of H-pyrrole nitrogens is 1. The van der Waals surface area contributed by atoms with Gasteiger partial charge in [0, 0.05) is 18.6 Å². The zero-order valence-corrected chi connectivity index (χ0v) is 10.2. The third kappa shape index (κ3) is 3.48. The maximum Gasteiger partial charge on any atom is 0.243 e. The van der Waals surface area contributed by atoms with E-state index in [-0.39, 0.29) is 10.3 Å². The summed E-state index contributed by atoms with van der Waals surface area (Å²) in [7, 11) is -3.46. The van der Waals surface area contributed by atoms with Crippen LogP contribution in [0.5, 0.6) is 0 Å². The molecule has 1 rings (SSSR count). The van der Waals surface area contributed by atoms with Gasteiger partial charge < -0.3 is 0 Å². The highest BCUT2D eigenvalue weighted by atomic mass is 35.5. The minimum absolute atomic E-state index is 0.132. The lowest BCUT2D eigenvalue weighted by Gasteiger charge is -2.21. The molecule has 2 N–H and O–H groups in total. The summed E-state index contributed by atoms with van der Waals surface area (Å²) in [6.07, 6.45) is 2.59. The molecule has 0 amide bonds. The number of aromatic amines is 1. The van der Waals surface area contributed by atoms with Gasteiger partial charge in [-0.15, -0.1) is 11.6 Å². The molecule has 1 heterocycles. The second-order valence-corrected chi connectivity index (χ2v) is 6.09. The van der Waals surface area contributed by atoms with Crippen LogP contribution >= 0.6 is 11.6 Å². The molecule has 0 saturated heterocycles. The van der Waals surface area contributed by atoms with Crippen LogP contribution in [0.3, 0.4) is 0 Å². The third-order valence-electron chi connectivity index (χ3n) is 1.89. The molecule has 1 aromatic rings. The number of nitrogens with one attached hydrogen (secondary N) is 2. The molecule has 0 atom stereocenters. The number of nitrogens with zero attached hydrogens (tertiary/aromatic N) is 1. The Morgan fingerprint density at radius 2 is 2.27 bits per heavy atom. The zero-order chi connectivity index (χ0) is 11.5. The van der Waals surface area contributed by atoms with E-state index in [0.717, 1.165) is 0 Å². The quantitative estimate of drug-likeness (QED) is 0.766. The van der Waals surface area contributed by atoms with Crippen molar-refractivity contribution >= 4 is 21.6 Å². The van der Waals surface area contributed by atoms with Gasteiger partial charge >= 0.3 is 0 Å². The van der Waals surface area contributed by atoms with Crippen molar-refractivity contribution in [2.75, 3.05) is 12.4 Å². The summed E-state index contributed by atoms with van der Waals surface area (Å²) in [4.78, 5) is 0.132. The summed E-state index contributed by atoms with van der Waals surface area (Å²) in [5, 5.41) is 6.03. The molecule has 1 aromatic heterocycles. The molecule has 0 unspecified atom stereocenters. The maximum absolute atomic E-state index is 11.6. The van der Waals surface area contributed by atoms with Crippen molar-refractivity contribution in [3.8, 4) is 0 Å². The maximum atomic E-state index is 11.6. The second kappa shape index (κ2) is 4.51. The van der Waals surface area contributed by atoms with Crippen LogP contribution in [0, 0.1) is 5.41 Å². The number of rotatable bonds is 5. The van der Waals surface area contributed by atoms with Gasteiger partial charge in [-0.3, -0.25) is 5.10 Å². The van der Waals surface area contributed by atoms with Crippen molar-refractivity contribution in [2.24, 2.45) is 5.41 Å². The minimum Gasteiger partial charge on any atom is -0.284 e. The molecule has 0 aliphatic heterocycles. The van der Waals surface area contributed by atoms with E-state index in [9.17, 15) is 8.42 Å². The fourth-order valence-electron chi connectivity index (χ4n) is 0.807. The molecule has 0 spiro atoms. The van der Waals surface area contributed by atoms with Crippen LogP contribution in [0.4, 0.5) is 0 Å². The smallest absolute Gasteiger partial charge is 0.243 e. The summed E-state index contributed by atoms with van der Waals surface area (Å²) in [5.74, 6) is 0.390. The van der Waals surface area contributed by atoms with Crippen molar-refractivity contribution in [1.82, 2.24) is 14.9 Å². The van der Waals surface area contributed by atoms with E-state index in [4.69, 9.17) is 11.6 Å². The lowest BCUT2D eigenvalue weighted by Crippen LogP contribution is -2.34. The first-order chi connectivity index (χ1) is 6.87. The molecule has 0 fully saturated rings. The van der Waals surface area contributed by atoms with Gasteiger partial charge in [0.2, 0.25) is 10.0 Å². The van der Waals surface area contributed by atoms with Crippen LogP contribution in [0.2, 0.25) is 0 Å². The molecule has 5 nitrogen and oxygen atoms in total. The lowest BCUT2D eigenvalue weighted by molar-refractivity contribution is 0.414. The summed E-state index contributed by atoms with van der Waals surface area (Å²) >= 11 is 5.69. The first-order valence-electron chi connectivity index (χ1n) is 4.42. The van der Waals surface area contributed by atoms with Gasteiger partial charge in [-0.1, -0.05) is 13.8 Å². The lowest BCUT2D eigenvalue weighted by atomic mass is 9.97. The Hall–Kier alpha value is -0.590. The first-order valence-corrected chi connectivity index (χ1v) is 6.44. The average molecular weight is 252 g/mol. The van der Waals surface area contributed by atoms with Crippen LogP contribution in [0.1, 0.15) is 13.8 Å². The Morgan fingerprint density at radius 3 is 2.73 bits per heavy atom. The third-order valence-corrected chi connectivity index (χ3v) is 3.98. The van der Waals surface area contributed by atoms with Crippen LogP contribution in [0.25, 0.3) is 0 Å². The number of aromatic nitrogens is 2. The monoisotopic (exact) mass is 251 g/mol. The fourth-order valence-corrected chi connectivity index (χ4v) is 2.05. The molecule has 0 aliphatic rings. The first kappa shape index (κ1) is 12.5. The highest BCUT2D eigenvalue weighted by molar-refractivity contribution is 7.89. The van der Waals surface area contributed by atoms with Gasteiger partial charge in [0.15, 0.2) is 0 Å². The largest absolute Gasteiger partial charge is 0.284 e. The van der Waals surface area contributed by atoms with E-state index in [0.29, 0.717) is 12.4 Å². The van der Waals surface area contributed by atoms with Crippen LogP contribution in [-0.4, -0.2) is 31.0 Å². The van der Waals surface area contributed by atoms with Crippen molar-refractivity contribution in [3.63, 3.8) is 0 Å². The molecule has 0 aliphatic carbocycles. The van der Waals surface area contributed by atoms with Gasteiger partial charge in [0.25, 0.3) is 0 Å². The Labute approximate surface area is 94.3 Å². The Bertz CT molecular complexity index is 400. The van der Waals surface area contributed by atoms with E-state index in [1.54, 1.807) is 0 Å². The molecule has 0 bridgehead atoms. The molecule has 0 saturated carbocycles. The van der Waals surface area contributed by atoms with Crippen molar-refractivity contribution in [3.05, 3.63) is 12.4 Å². The summed E-state index contributed by atoms with van der Waals surface area (Å²) in [6.45, 7) is 4.07. The van der Waals surface area contributed by atoms with E-state index >= 15 is 0 Å². The normalized spacial score (nSPS) is 13.0. The van der Waals surface area contributed by atoms with E-state index in [1.165, 1.54) is 12.4 Å². The Kier molecular flexibility index (Phi) is 3.75. The number of alkyl halides is 1. The molecule has 0 aromatic carbocycles.